The number of carbonyl (C=O) groups excluding carboxylic acids is 1. The number of rotatable bonds is 2. The Morgan fingerprint density at radius 1 is 1.38 bits per heavy atom. The molecule has 64 valence electrons. The molecule has 0 saturated carbocycles. The molecule has 0 saturated heterocycles. The van der Waals surface area contributed by atoms with Gasteiger partial charge in [0.2, 0.25) is 5.91 Å². The molecule has 0 N–H and O–H groups in total. The third kappa shape index (κ3) is 3.22. The summed E-state index contributed by atoms with van der Waals surface area (Å²) in [4.78, 5) is 13.1. The lowest BCUT2D eigenvalue weighted by Gasteiger charge is -1.88. The highest BCUT2D eigenvalue weighted by molar-refractivity contribution is 5.92. The van der Waals surface area contributed by atoms with Crippen LogP contribution >= 0.6 is 0 Å². The highest BCUT2D eigenvalue weighted by atomic mass is 16.1. The van der Waals surface area contributed by atoms with Gasteiger partial charge in [0.15, 0.2) is 0 Å². The standard InChI is InChI=1S/C9H7N3O/c10-12-11-9(13)7-6-8-4-2-1-3-5-8/h1-7H. The fourth-order valence-corrected chi connectivity index (χ4v) is 0.809. The Balaban J connectivity index is 2.69. The van der Waals surface area contributed by atoms with E-state index in [0.717, 1.165) is 5.56 Å². The second-order valence-corrected chi connectivity index (χ2v) is 2.27. The molecule has 0 aromatic heterocycles. The summed E-state index contributed by atoms with van der Waals surface area (Å²) >= 11 is 0. The fraction of sp³-hybridized carbons (Fsp3) is 0. The van der Waals surface area contributed by atoms with E-state index in [1.807, 2.05) is 30.3 Å². The molecule has 0 aliphatic carbocycles. The summed E-state index contributed by atoms with van der Waals surface area (Å²) in [5, 5.41) is 2.89. The zero-order chi connectivity index (χ0) is 9.52. The summed E-state index contributed by atoms with van der Waals surface area (Å²) in [6.07, 6.45) is 2.83. The smallest absolute Gasteiger partial charge is 0.242 e. The molecule has 0 aliphatic rings. The first kappa shape index (κ1) is 9.03. The van der Waals surface area contributed by atoms with Crippen LogP contribution in [0.2, 0.25) is 0 Å². The monoisotopic (exact) mass is 173 g/mol. The van der Waals surface area contributed by atoms with E-state index in [4.69, 9.17) is 5.53 Å². The average Bonchev–Trinajstić information content (AvgIpc) is 2.17. The largest absolute Gasteiger partial charge is 0.288 e. The highest BCUT2D eigenvalue weighted by Crippen LogP contribution is 2.00. The van der Waals surface area contributed by atoms with E-state index < -0.39 is 5.91 Å². The zero-order valence-corrected chi connectivity index (χ0v) is 6.79. The van der Waals surface area contributed by atoms with Crippen LogP contribution in [0.25, 0.3) is 16.5 Å². The first-order valence-electron chi connectivity index (χ1n) is 3.65. The van der Waals surface area contributed by atoms with Gasteiger partial charge in [0, 0.05) is 4.91 Å². The van der Waals surface area contributed by atoms with Gasteiger partial charge in [-0.05, 0) is 22.3 Å². The zero-order valence-electron chi connectivity index (χ0n) is 6.79. The average molecular weight is 173 g/mol. The number of hydrogen-bond donors (Lipinski definition) is 0. The lowest BCUT2D eigenvalue weighted by atomic mass is 10.2. The molecule has 4 heteroatoms. The van der Waals surface area contributed by atoms with Crippen LogP contribution in [0.15, 0.2) is 41.5 Å². The van der Waals surface area contributed by atoms with Crippen LogP contribution in [-0.2, 0) is 4.79 Å². The molecule has 0 bridgehead atoms. The second-order valence-electron chi connectivity index (χ2n) is 2.27. The molecular formula is C9H7N3O. The second kappa shape index (κ2) is 4.74. The molecule has 1 amide bonds. The Kier molecular flexibility index (Phi) is 3.30. The van der Waals surface area contributed by atoms with Crippen molar-refractivity contribution in [2.24, 2.45) is 5.11 Å². The molecular weight excluding hydrogens is 166 g/mol. The van der Waals surface area contributed by atoms with Gasteiger partial charge in [-0.3, -0.25) is 4.79 Å². The van der Waals surface area contributed by atoms with Crippen molar-refractivity contribution in [1.82, 2.24) is 0 Å². The van der Waals surface area contributed by atoms with Gasteiger partial charge in [0.05, 0.1) is 0 Å². The summed E-state index contributed by atoms with van der Waals surface area (Å²) < 4.78 is 0. The molecule has 1 aromatic rings. The number of amides is 1. The Hall–Kier alpha value is -2.06. The van der Waals surface area contributed by atoms with Crippen molar-refractivity contribution in [3.8, 4) is 0 Å². The molecule has 0 heterocycles. The third-order valence-corrected chi connectivity index (χ3v) is 1.36. The van der Waals surface area contributed by atoms with Crippen molar-refractivity contribution < 1.29 is 4.79 Å². The summed E-state index contributed by atoms with van der Waals surface area (Å²) in [6.45, 7) is 0. The van der Waals surface area contributed by atoms with Crippen LogP contribution in [0.5, 0.6) is 0 Å². The summed E-state index contributed by atoms with van der Waals surface area (Å²) in [7, 11) is 0. The van der Waals surface area contributed by atoms with Gasteiger partial charge in [-0.25, -0.2) is 0 Å². The van der Waals surface area contributed by atoms with Crippen molar-refractivity contribution in [3.05, 3.63) is 52.4 Å². The molecule has 0 aliphatic heterocycles. The number of hydrogen-bond acceptors (Lipinski definition) is 1. The van der Waals surface area contributed by atoms with Crippen LogP contribution in [-0.4, -0.2) is 5.91 Å². The van der Waals surface area contributed by atoms with E-state index in [1.165, 1.54) is 6.08 Å². The van der Waals surface area contributed by atoms with E-state index in [2.05, 4.69) is 10.0 Å². The molecule has 13 heavy (non-hydrogen) atoms. The van der Waals surface area contributed by atoms with Gasteiger partial charge in [-0.1, -0.05) is 36.4 Å². The number of azide groups is 1. The van der Waals surface area contributed by atoms with Gasteiger partial charge in [0.25, 0.3) is 0 Å². The minimum Gasteiger partial charge on any atom is -0.288 e. The van der Waals surface area contributed by atoms with Gasteiger partial charge in [-0.15, -0.1) is 0 Å². The van der Waals surface area contributed by atoms with Gasteiger partial charge < -0.3 is 0 Å². The maximum atomic E-state index is 10.7. The lowest BCUT2D eigenvalue weighted by Crippen LogP contribution is -1.81. The van der Waals surface area contributed by atoms with Crippen LogP contribution < -0.4 is 0 Å². The van der Waals surface area contributed by atoms with E-state index in [0.29, 0.717) is 0 Å². The number of carbonyl (C=O) groups is 1. The first-order chi connectivity index (χ1) is 6.33. The predicted octanol–water partition coefficient (Wildman–Crippen LogP) is 2.54. The minimum atomic E-state index is -0.591. The first-order valence-corrected chi connectivity index (χ1v) is 3.65. The van der Waals surface area contributed by atoms with Crippen LogP contribution in [0.4, 0.5) is 0 Å². The van der Waals surface area contributed by atoms with Crippen molar-refractivity contribution in [1.29, 1.82) is 0 Å². The Morgan fingerprint density at radius 3 is 2.69 bits per heavy atom. The third-order valence-electron chi connectivity index (χ3n) is 1.36. The molecule has 0 spiro atoms. The molecule has 0 radical (unpaired) electrons. The maximum Gasteiger partial charge on any atom is 0.242 e. The molecule has 0 unspecified atom stereocenters. The SMILES string of the molecule is [N-]=[N+]=NC(=O)C=Cc1ccccc1. The van der Waals surface area contributed by atoms with Gasteiger partial charge >= 0.3 is 0 Å². The maximum absolute atomic E-state index is 10.7. The summed E-state index contributed by atoms with van der Waals surface area (Å²) in [5.74, 6) is -0.591. The Bertz CT molecular complexity index is 364. The molecule has 1 aromatic carbocycles. The van der Waals surface area contributed by atoms with Gasteiger partial charge in [0.1, 0.15) is 0 Å². The van der Waals surface area contributed by atoms with Crippen molar-refractivity contribution in [2.75, 3.05) is 0 Å². The minimum absolute atomic E-state index is 0.591. The quantitative estimate of drug-likeness (QED) is 0.293. The van der Waals surface area contributed by atoms with Crippen LogP contribution in [0, 0.1) is 0 Å². The number of benzene rings is 1. The Labute approximate surface area is 75.1 Å². The van der Waals surface area contributed by atoms with E-state index in [1.54, 1.807) is 6.08 Å². The van der Waals surface area contributed by atoms with E-state index >= 15 is 0 Å². The summed E-state index contributed by atoms with van der Waals surface area (Å²) in [6, 6.07) is 9.29. The van der Waals surface area contributed by atoms with Crippen molar-refractivity contribution >= 4 is 12.0 Å². The lowest BCUT2D eigenvalue weighted by molar-refractivity contribution is -0.113. The summed E-state index contributed by atoms with van der Waals surface area (Å²) in [5.41, 5.74) is 8.83. The van der Waals surface area contributed by atoms with Gasteiger partial charge in [-0.2, -0.15) is 0 Å². The van der Waals surface area contributed by atoms with Crippen molar-refractivity contribution in [3.63, 3.8) is 0 Å². The highest BCUT2D eigenvalue weighted by Gasteiger charge is 1.88. The molecule has 1 rings (SSSR count). The molecule has 0 atom stereocenters. The van der Waals surface area contributed by atoms with E-state index in [-0.39, 0.29) is 0 Å². The predicted molar refractivity (Wildman–Crippen MR) is 49.6 cm³/mol. The Morgan fingerprint density at radius 2 is 2.08 bits per heavy atom. The van der Waals surface area contributed by atoms with E-state index in [9.17, 15) is 4.79 Å². The number of nitrogens with zero attached hydrogens (tertiary/aromatic N) is 3. The fourth-order valence-electron chi connectivity index (χ4n) is 0.809. The topological polar surface area (TPSA) is 65.8 Å². The molecule has 0 fully saturated rings. The van der Waals surface area contributed by atoms with Crippen LogP contribution in [0.1, 0.15) is 5.56 Å². The normalized spacial score (nSPS) is 9.54. The molecule has 4 nitrogen and oxygen atoms in total. The van der Waals surface area contributed by atoms with Crippen LogP contribution in [0.3, 0.4) is 0 Å². The van der Waals surface area contributed by atoms with Crippen molar-refractivity contribution in [2.45, 2.75) is 0 Å².